The molecular weight excluding hydrogens is 431 g/mol. The number of halogens is 4. The van der Waals surface area contributed by atoms with Gasteiger partial charge in [-0.05, 0) is 48.2 Å². The van der Waals surface area contributed by atoms with Gasteiger partial charge in [0.2, 0.25) is 0 Å². The molecule has 3 rings (SSSR count). The Hall–Kier alpha value is -2.97. The van der Waals surface area contributed by atoms with E-state index in [1.165, 1.54) is 12.3 Å². The summed E-state index contributed by atoms with van der Waals surface area (Å²) in [5, 5.41) is 14.0. The van der Waals surface area contributed by atoms with Crippen molar-refractivity contribution in [2.75, 3.05) is 5.32 Å². The van der Waals surface area contributed by atoms with E-state index in [9.17, 15) is 23.1 Å². The fourth-order valence-corrected chi connectivity index (χ4v) is 3.27. The largest absolute Gasteiger partial charge is 0.851 e. The Morgan fingerprint density at radius 2 is 1.97 bits per heavy atom. The van der Waals surface area contributed by atoms with Gasteiger partial charge in [-0.25, -0.2) is 4.98 Å². The van der Waals surface area contributed by atoms with Crippen molar-refractivity contribution >= 4 is 23.2 Å². The van der Waals surface area contributed by atoms with E-state index in [0.717, 1.165) is 17.7 Å². The standard InChI is InChI=1S/C22H18ClF3N3O2/c1-13(5-19-10-27-11-20(23)28-19)15-3-2-4-18(9-15)29-21(31)16-6-14(12-30)7-17(8-16)22(24,25)26/h2-4,6-11,13H,5,12H2,1H3,(H,29,31)/q-1/t13-/m1/s1. The molecule has 0 unspecified atom stereocenters. The van der Waals surface area contributed by atoms with Crippen LogP contribution in [0.5, 0.6) is 0 Å². The molecule has 3 aromatic rings. The molecule has 0 aliphatic carbocycles. The highest BCUT2D eigenvalue weighted by atomic mass is 35.5. The summed E-state index contributed by atoms with van der Waals surface area (Å²) in [4.78, 5) is 20.8. The van der Waals surface area contributed by atoms with Gasteiger partial charge in [-0.3, -0.25) is 9.78 Å². The van der Waals surface area contributed by atoms with Crippen molar-refractivity contribution in [3.05, 3.63) is 88.0 Å². The van der Waals surface area contributed by atoms with Crippen LogP contribution in [0.25, 0.3) is 0 Å². The van der Waals surface area contributed by atoms with Gasteiger partial charge in [0.05, 0.1) is 17.5 Å². The number of benzene rings is 2. The molecule has 1 aromatic heterocycles. The molecule has 0 saturated heterocycles. The molecule has 0 fully saturated rings. The molecule has 2 aromatic carbocycles. The summed E-state index contributed by atoms with van der Waals surface area (Å²) < 4.78 is 39.2. The lowest BCUT2D eigenvalue weighted by molar-refractivity contribution is -0.386. The van der Waals surface area contributed by atoms with Crippen LogP contribution in [0.15, 0.2) is 54.9 Å². The summed E-state index contributed by atoms with van der Waals surface area (Å²) in [5.41, 5.74) is 0.661. The maximum atomic E-state index is 13.1. The molecule has 9 heteroatoms. The number of rotatable bonds is 6. The number of amides is 1. The minimum atomic E-state index is -4.65. The number of hydrogen-bond donors (Lipinski definition) is 1. The highest BCUT2D eigenvalue weighted by Crippen LogP contribution is 2.31. The summed E-state index contributed by atoms with van der Waals surface area (Å²) in [6, 6.07) is 9.64. The quantitative estimate of drug-likeness (QED) is 0.597. The van der Waals surface area contributed by atoms with Gasteiger partial charge in [0.1, 0.15) is 5.15 Å². The first kappa shape index (κ1) is 22.7. The first-order valence-corrected chi connectivity index (χ1v) is 9.70. The van der Waals surface area contributed by atoms with Gasteiger partial charge in [-0.15, -0.1) is 6.61 Å². The molecule has 0 saturated carbocycles. The van der Waals surface area contributed by atoms with Gasteiger partial charge < -0.3 is 10.4 Å². The fraction of sp³-hybridized carbons (Fsp3) is 0.227. The van der Waals surface area contributed by atoms with Gasteiger partial charge in [0, 0.05) is 17.4 Å². The lowest BCUT2D eigenvalue weighted by Crippen LogP contribution is -2.16. The van der Waals surface area contributed by atoms with Crippen LogP contribution < -0.4 is 10.4 Å². The molecule has 0 aliphatic rings. The maximum absolute atomic E-state index is 13.1. The number of nitrogens with zero attached hydrogens (tertiary/aromatic N) is 2. The number of anilines is 1. The summed E-state index contributed by atoms with van der Waals surface area (Å²) in [7, 11) is 0. The summed E-state index contributed by atoms with van der Waals surface area (Å²) in [5.74, 6) is -0.712. The predicted molar refractivity (Wildman–Crippen MR) is 109 cm³/mol. The maximum Gasteiger partial charge on any atom is 0.416 e. The Morgan fingerprint density at radius 1 is 1.19 bits per heavy atom. The smallest absolute Gasteiger partial charge is 0.416 e. The minimum absolute atomic E-state index is 0.0187. The van der Waals surface area contributed by atoms with Crippen LogP contribution in [-0.2, 0) is 19.2 Å². The zero-order chi connectivity index (χ0) is 22.6. The van der Waals surface area contributed by atoms with E-state index in [4.69, 9.17) is 11.6 Å². The number of aromatic nitrogens is 2. The lowest BCUT2D eigenvalue weighted by Gasteiger charge is -2.15. The third kappa shape index (κ3) is 6.02. The van der Waals surface area contributed by atoms with E-state index < -0.39 is 24.3 Å². The van der Waals surface area contributed by atoms with E-state index in [-0.39, 0.29) is 17.0 Å². The molecule has 31 heavy (non-hydrogen) atoms. The number of nitrogens with one attached hydrogen (secondary N) is 1. The third-order valence-electron chi connectivity index (χ3n) is 4.63. The van der Waals surface area contributed by atoms with Crippen molar-refractivity contribution in [2.45, 2.75) is 32.0 Å². The Labute approximate surface area is 181 Å². The van der Waals surface area contributed by atoms with Crippen LogP contribution in [0, 0.1) is 0 Å². The summed E-state index contributed by atoms with van der Waals surface area (Å²) in [6.45, 7) is 1.11. The Kier molecular flexibility index (Phi) is 6.92. The first-order chi connectivity index (χ1) is 14.7. The van der Waals surface area contributed by atoms with Gasteiger partial charge in [0.15, 0.2) is 0 Å². The lowest BCUT2D eigenvalue weighted by atomic mass is 9.96. The van der Waals surface area contributed by atoms with Crippen molar-refractivity contribution in [3.63, 3.8) is 0 Å². The Balaban J connectivity index is 1.78. The predicted octanol–water partition coefficient (Wildman–Crippen LogP) is 4.61. The van der Waals surface area contributed by atoms with Crippen molar-refractivity contribution in [1.29, 1.82) is 0 Å². The number of carbonyl (C=O) groups is 1. The molecule has 5 nitrogen and oxygen atoms in total. The minimum Gasteiger partial charge on any atom is -0.851 e. The van der Waals surface area contributed by atoms with E-state index in [1.807, 2.05) is 13.0 Å². The van der Waals surface area contributed by atoms with Gasteiger partial charge in [-0.1, -0.05) is 36.2 Å². The first-order valence-electron chi connectivity index (χ1n) is 9.32. The highest BCUT2D eigenvalue weighted by molar-refractivity contribution is 6.29. The van der Waals surface area contributed by atoms with E-state index >= 15 is 0 Å². The summed E-state index contributed by atoms with van der Waals surface area (Å²) >= 11 is 5.86. The SMILES string of the molecule is C[C@H](Cc1cncc(Cl)n1)c1cccc(NC(=O)c2cc(C[O-])cc(C(F)(F)F)c2)c1. The number of alkyl halides is 3. The number of carbonyl (C=O) groups excluding carboxylic acids is 1. The fourth-order valence-electron chi connectivity index (χ4n) is 3.11. The van der Waals surface area contributed by atoms with Gasteiger partial charge >= 0.3 is 6.18 Å². The normalized spacial score (nSPS) is 12.5. The van der Waals surface area contributed by atoms with Crippen LogP contribution in [0.3, 0.4) is 0 Å². The molecule has 1 atom stereocenters. The van der Waals surface area contributed by atoms with E-state index in [1.54, 1.807) is 24.4 Å². The molecule has 0 spiro atoms. The van der Waals surface area contributed by atoms with Gasteiger partial charge in [-0.2, -0.15) is 13.2 Å². The Morgan fingerprint density at radius 3 is 2.65 bits per heavy atom. The molecule has 1 amide bonds. The molecule has 1 heterocycles. The second kappa shape index (κ2) is 9.45. The van der Waals surface area contributed by atoms with Crippen molar-refractivity contribution in [2.24, 2.45) is 0 Å². The second-order valence-electron chi connectivity index (χ2n) is 7.08. The average molecular weight is 449 g/mol. The molecule has 0 aliphatic heterocycles. The zero-order valence-corrected chi connectivity index (χ0v) is 17.2. The highest BCUT2D eigenvalue weighted by Gasteiger charge is 2.31. The summed E-state index contributed by atoms with van der Waals surface area (Å²) in [6.07, 6.45) is -1.03. The zero-order valence-electron chi connectivity index (χ0n) is 16.4. The molecular formula is C22H18ClF3N3O2-. The molecule has 0 bridgehead atoms. The third-order valence-corrected chi connectivity index (χ3v) is 4.81. The molecule has 0 radical (unpaired) electrons. The van der Waals surface area contributed by atoms with Crippen molar-refractivity contribution in [3.8, 4) is 0 Å². The van der Waals surface area contributed by atoms with Crippen LogP contribution in [0.4, 0.5) is 18.9 Å². The second-order valence-corrected chi connectivity index (χ2v) is 7.47. The van der Waals surface area contributed by atoms with Crippen LogP contribution in [0.2, 0.25) is 5.15 Å². The van der Waals surface area contributed by atoms with Gasteiger partial charge in [0.25, 0.3) is 5.91 Å². The molecule has 1 N–H and O–H groups in total. The topological polar surface area (TPSA) is 77.9 Å². The van der Waals surface area contributed by atoms with Crippen molar-refractivity contribution < 1.29 is 23.1 Å². The van der Waals surface area contributed by atoms with Crippen LogP contribution in [-0.4, -0.2) is 15.9 Å². The van der Waals surface area contributed by atoms with Crippen LogP contribution >= 0.6 is 11.6 Å². The number of hydrogen-bond acceptors (Lipinski definition) is 4. The average Bonchev–Trinajstić information content (AvgIpc) is 2.73. The molecule has 162 valence electrons. The van der Waals surface area contributed by atoms with E-state index in [0.29, 0.717) is 23.0 Å². The monoisotopic (exact) mass is 448 g/mol. The Bertz CT molecular complexity index is 1090. The van der Waals surface area contributed by atoms with Crippen molar-refractivity contribution in [1.82, 2.24) is 9.97 Å². The van der Waals surface area contributed by atoms with E-state index in [2.05, 4.69) is 15.3 Å². The van der Waals surface area contributed by atoms with Crippen LogP contribution in [0.1, 0.15) is 45.6 Å².